The normalized spacial score (nSPS) is 50.9. The Labute approximate surface area is 399 Å². The minimum Gasteiger partial charge on any atom is -0.479 e. The number of carbonyl (C=O) groups is 2. The van der Waals surface area contributed by atoms with E-state index in [1.165, 1.54) is 0 Å². The van der Waals surface area contributed by atoms with Crippen LogP contribution in [0.4, 0.5) is 0 Å². The van der Waals surface area contributed by atoms with E-state index in [1.54, 1.807) is 0 Å². The van der Waals surface area contributed by atoms with Crippen molar-refractivity contribution in [1.29, 1.82) is 0 Å². The highest BCUT2D eigenvalue weighted by atomic mass is 16.8. The molecule has 30 atom stereocenters. The number of nitrogens with one attached hydrogen (secondary N) is 1. The number of aliphatic hydroxyl groups is 18. The molecular weight excluding hydrogens is 982 g/mol. The molecule has 33 heteroatoms. The van der Waals surface area contributed by atoms with Crippen LogP contribution in [0.5, 0.6) is 0 Å². The topological polar surface area (TPSA) is 532 Å². The highest BCUT2D eigenvalue weighted by Gasteiger charge is 2.58. The van der Waals surface area contributed by atoms with Crippen molar-refractivity contribution < 1.29 is 159 Å². The first kappa shape index (κ1) is 58.0. The standard InChI is InChI=1S/C38H63NO32/c1-7(43)39-13-29(17(47)11(63-33(13)60)5-61-34-23(53)18(48)14(44)8(2-40)64-34)69-38-27(57)30(70-37-26(56)21(51)22(52)31(71-37)32(58)59)28(68-36-25(55)20(50)16(46)10(4-42)66-36)12(67-38)6-62-35-24(54)19(49)15(45)9(3-41)65-35/h8-31,33-38,40-42,44-57,60H,2-6H2,1H3,(H,39,43)(H,58,59)/t8-,9-,10-,11-,12-,13-,14-,15-,16-,17+,18+,19+,20+,21+,22+,23-,24-,25-,26-,27-,28+,29-,30-,31+,33+,34-,35-,36+,37-,38+/m1/s1. The minimum absolute atomic E-state index is 0.855. The first-order valence-corrected chi connectivity index (χ1v) is 22.1. The fraction of sp³-hybridized carbons (Fsp3) is 0.947. The van der Waals surface area contributed by atoms with Gasteiger partial charge in [0.25, 0.3) is 0 Å². The minimum atomic E-state index is -2.47. The largest absolute Gasteiger partial charge is 0.479 e. The average molecular weight is 1050 g/mol. The molecule has 6 aliphatic rings. The van der Waals surface area contributed by atoms with E-state index in [4.69, 9.17) is 52.1 Å². The molecule has 412 valence electrons. The first-order chi connectivity index (χ1) is 33.4. The highest BCUT2D eigenvalue weighted by Crippen LogP contribution is 2.37. The van der Waals surface area contributed by atoms with Gasteiger partial charge in [0, 0.05) is 6.92 Å². The van der Waals surface area contributed by atoms with Crippen molar-refractivity contribution in [2.45, 2.75) is 191 Å². The Morgan fingerprint density at radius 1 is 0.408 bits per heavy atom. The predicted molar refractivity (Wildman–Crippen MR) is 211 cm³/mol. The van der Waals surface area contributed by atoms with E-state index in [0.717, 1.165) is 6.92 Å². The Kier molecular flexibility index (Phi) is 20.1. The molecular formula is C38H63NO32. The highest BCUT2D eigenvalue weighted by molar-refractivity contribution is 5.73. The second-order valence-corrected chi connectivity index (χ2v) is 17.6. The van der Waals surface area contributed by atoms with Crippen molar-refractivity contribution in [1.82, 2.24) is 5.32 Å². The maximum atomic E-state index is 12.4. The summed E-state index contributed by atoms with van der Waals surface area (Å²) in [7, 11) is 0. The van der Waals surface area contributed by atoms with Crippen LogP contribution in [-0.4, -0.2) is 326 Å². The van der Waals surface area contributed by atoms with Gasteiger partial charge in [0.15, 0.2) is 43.8 Å². The summed E-state index contributed by atoms with van der Waals surface area (Å²) in [6.45, 7) is -3.74. The first-order valence-electron chi connectivity index (χ1n) is 22.1. The van der Waals surface area contributed by atoms with Gasteiger partial charge in [-0.2, -0.15) is 0 Å². The molecule has 1 amide bonds. The third-order valence-electron chi connectivity index (χ3n) is 12.8. The fourth-order valence-electron chi connectivity index (χ4n) is 8.68. The maximum absolute atomic E-state index is 12.4. The lowest BCUT2D eigenvalue weighted by Gasteiger charge is -2.51. The summed E-state index contributed by atoms with van der Waals surface area (Å²) in [5.74, 6) is -2.77. The van der Waals surface area contributed by atoms with Gasteiger partial charge >= 0.3 is 5.97 Å². The summed E-state index contributed by atoms with van der Waals surface area (Å²) < 4.78 is 62.1. The van der Waals surface area contributed by atoms with E-state index < -0.39 is 229 Å². The molecule has 6 heterocycles. The van der Waals surface area contributed by atoms with Crippen molar-refractivity contribution in [2.75, 3.05) is 33.0 Å². The zero-order valence-electron chi connectivity index (χ0n) is 37.2. The fourth-order valence-corrected chi connectivity index (χ4v) is 8.68. The average Bonchev–Trinajstić information content (AvgIpc) is 3.33. The lowest BCUT2D eigenvalue weighted by Crippen LogP contribution is -2.70. The van der Waals surface area contributed by atoms with Crippen molar-refractivity contribution in [3.05, 3.63) is 0 Å². The van der Waals surface area contributed by atoms with E-state index in [1.807, 2.05) is 0 Å². The Bertz CT molecular complexity index is 1700. The Hall–Kier alpha value is -2.22. The molecule has 6 aliphatic heterocycles. The smallest absolute Gasteiger partial charge is 0.335 e. The van der Waals surface area contributed by atoms with Gasteiger partial charge < -0.3 is 154 Å². The summed E-state index contributed by atoms with van der Waals surface area (Å²) in [6.07, 6.45) is -59.6. The maximum Gasteiger partial charge on any atom is 0.335 e. The monoisotopic (exact) mass is 1050 g/mol. The molecule has 0 saturated carbocycles. The van der Waals surface area contributed by atoms with Crippen molar-refractivity contribution in [3.63, 3.8) is 0 Å². The van der Waals surface area contributed by atoms with Crippen LogP contribution in [0, 0.1) is 0 Å². The Morgan fingerprint density at radius 2 is 0.789 bits per heavy atom. The Balaban J connectivity index is 1.37. The summed E-state index contributed by atoms with van der Waals surface area (Å²) in [4.78, 5) is 24.5. The van der Waals surface area contributed by atoms with Crippen LogP contribution >= 0.6 is 0 Å². The van der Waals surface area contributed by atoms with E-state index in [2.05, 4.69) is 5.32 Å². The number of carbonyl (C=O) groups excluding carboxylic acids is 1. The number of aliphatic hydroxyl groups excluding tert-OH is 18. The van der Waals surface area contributed by atoms with Crippen LogP contribution in [0.15, 0.2) is 0 Å². The quantitative estimate of drug-likeness (QED) is 0.0643. The van der Waals surface area contributed by atoms with Gasteiger partial charge in [0.1, 0.15) is 140 Å². The Morgan fingerprint density at radius 3 is 1.25 bits per heavy atom. The molecule has 0 aromatic rings. The van der Waals surface area contributed by atoms with E-state index in [0.29, 0.717) is 0 Å². The lowest BCUT2D eigenvalue weighted by atomic mass is 9.94. The van der Waals surface area contributed by atoms with Crippen molar-refractivity contribution >= 4 is 11.9 Å². The molecule has 0 bridgehead atoms. The molecule has 0 radical (unpaired) electrons. The summed E-state index contributed by atoms with van der Waals surface area (Å²) in [5, 5.41) is 203. The molecule has 0 aromatic heterocycles. The van der Waals surface area contributed by atoms with E-state index in [9.17, 15) is 107 Å². The zero-order valence-corrected chi connectivity index (χ0v) is 37.2. The molecule has 0 unspecified atom stereocenters. The van der Waals surface area contributed by atoms with Crippen molar-refractivity contribution in [2.24, 2.45) is 0 Å². The van der Waals surface area contributed by atoms with Gasteiger partial charge in [0.2, 0.25) is 5.91 Å². The van der Waals surface area contributed by atoms with Crippen LogP contribution in [-0.2, 0) is 61.7 Å². The third-order valence-corrected chi connectivity index (χ3v) is 12.8. The molecule has 71 heavy (non-hydrogen) atoms. The van der Waals surface area contributed by atoms with Crippen LogP contribution in [0.3, 0.4) is 0 Å². The number of rotatable bonds is 17. The number of amides is 1. The molecule has 6 fully saturated rings. The summed E-state index contributed by atoms with van der Waals surface area (Å²) >= 11 is 0. The number of hydrogen-bond donors (Lipinski definition) is 20. The SMILES string of the molecule is CC(=O)N[C@@H]1[C@@H](O[C@@H]2O[C@H](CO[C@@H]3O[C@H](CO)[C@@H](O)[C@H](O)[C@H]3O)[C@H](O[C@@H]3O[C@H](CO)[C@@H](O)[C@H](O)[C@H]3O)[C@H](O[C@@H]3O[C@H](C(=O)O)[C@@H](O)[C@H](O)[C@H]3O)[C@H]2O)[C@@H](O)[C@@H](CO[C@@H]2O[C@H](CO)[C@@H](O)[C@H](O)[C@H]2O)O[C@@H]1O. The molecule has 20 N–H and O–H groups in total. The van der Waals surface area contributed by atoms with Crippen molar-refractivity contribution in [3.8, 4) is 0 Å². The van der Waals surface area contributed by atoms with Crippen LogP contribution in [0.2, 0.25) is 0 Å². The van der Waals surface area contributed by atoms with E-state index in [-0.39, 0.29) is 0 Å². The molecule has 33 nitrogen and oxygen atoms in total. The number of carboxylic acids is 1. The second-order valence-electron chi connectivity index (χ2n) is 17.6. The number of hydrogen-bond acceptors (Lipinski definition) is 31. The summed E-state index contributed by atoms with van der Waals surface area (Å²) in [6, 6.07) is -1.82. The molecule has 0 aliphatic carbocycles. The van der Waals surface area contributed by atoms with Crippen LogP contribution < -0.4 is 5.32 Å². The van der Waals surface area contributed by atoms with Gasteiger partial charge in [-0.15, -0.1) is 0 Å². The van der Waals surface area contributed by atoms with Gasteiger partial charge in [-0.05, 0) is 0 Å². The van der Waals surface area contributed by atoms with Crippen LogP contribution in [0.1, 0.15) is 6.92 Å². The number of ether oxygens (including phenoxy) is 11. The third kappa shape index (κ3) is 12.4. The van der Waals surface area contributed by atoms with E-state index >= 15 is 0 Å². The zero-order chi connectivity index (χ0) is 52.5. The van der Waals surface area contributed by atoms with Crippen LogP contribution in [0.25, 0.3) is 0 Å². The molecule has 6 rings (SSSR count). The van der Waals surface area contributed by atoms with Gasteiger partial charge in [-0.1, -0.05) is 0 Å². The second kappa shape index (κ2) is 24.6. The predicted octanol–water partition coefficient (Wildman–Crippen LogP) is -13.9. The van der Waals surface area contributed by atoms with Gasteiger partial charge in [-0.3, -0.25) is 4.79 Å². The summed E-state index contributed by atoms with van der Waals surface area (Å²) in [5.41, 5.74) is 0. The molecule has 0 aromatic carbocycles. The molecule has 0 spiro atoms. The lowest BCUT2D eigenvalue weighted by molar-refractivity contribution is -0.398. The van der Waals surface area contributed by atoms with Gasteiger partial charge in [-0.25, -0.2) is 4.79 Å². The van der Waals surface area contributed by atoms with Gasteiger partial charge in [0.05, 0.1) is 33.0 Å². The number of carboxylic acid groups (broad SMARTS) is 1. The number of aliphatic carboxylic acids is 1. The molecule has 6 saturated heterocycles.